The van der Waals surface area contributed by atoms with E-state index >= 15 is 0 Å². The molecule has 8 rings (SSSR count). The summed E-state index contributed by atoms with van der Waals surface area (Å²) in [6.45, 7) is 4.76. The SMILES string of the molecule is C[Si]1(C)c2ccc(N(c3ccccc3)c3ccc(F)cc3)cc2-c2oc3cc(N(c4ccccc4)c4ccc(F)cc4)ccc3c21. The quantitative estimate of drug-likeness (QED) is 0.173. The van der Waals surface area contributed by atoms with Crippen molar-refractivity contribution in [2.75, 3.05) is 9.80 Å². The first-order valence-electron chi connectivity index (χ1n) is 15.3. The summed E-state index contributed by atoms with van der Waals surface area (Å²) in [7, 11) is -2.11. The van der Waals surface area contributed by atoms with Crippen molar-refractivity contribution < 1.29 is 13.2 Å². The van der Waals surface area contributed by atoms with Crippen molar-refractivity contribution >= 4 is 63.5 Å². The van der Waals surface area contributed by atoms with Crippen LogP contribution in [-0.4, -0.2) is 8.07 Å². The van der Waals surface area contributed by atoms with Gasteiger partial charge in [0, 0.05) is 51.1 Å². The van der Waals surface area contributed by atoms with E-state index in [2.05, 4.69) is 71.4 Å². The number of nitrogens with zero attached hydrogens (tertiary/aromatic N) is 2. The van der Waals surface area contributed by atoms with Gasteiger partial charge in [0.15, 0.2) is 0 Å². The summed E-state index contributed by atoms with van der Waals surface area (Å²) in [6.07, 6.45) is 0. The summed E-state index contributed by atoms with van der Waals surface area (Å²) in [5.41, 5.74) is 7.51. The molecular formula is C40H30F2N2OSi. The Bertz CT molecular complexity index is 2200. The first kappa shape index (κ1) is 28.0. The molecule has 0 fully saturated rings. The summed E-state index contributed by atoms with van der Waals surface area (Å²) in [5.74, 6) is 0.376. The zero-order valence-electron chi connectivity index (χ0n) is 25.4. The normalized spacial score (nSPS) is 13.0. The maximum Gasteiger partial charge on any atom is 0.136 e. The van der Waals surface area contributed by atoms with Crippen LogP contribution in [0.1, 0.15) is 0 Å². The molecular weight excluding hydrogens is 591 g/mol. The van der Waals surface area contributed by atoms with Gasteiger partial charge in [0.05, 0.1) is 0 Å². The molecule has 46 heavy (non-hydrogen) atoms. The van der Waals surface area contributed by atoms with Crippen LogP contribution in [0.3, 0.4) is 0 Å². The van der Waals surface area contributed by atoms with Crippen molar-refractivity contribution in [1.29, 1.82) is 0 Å². The van der Waals surface area contributed by atoms with Gasteiger partial charge in [-0.25, -0.2) is 8.78 Å². The van der Waals surface area contributed by atoms with Crippen LogP contribution < -0.4 is 20.2 Å². The number of anilines is 6. The van der Waals surface area contributed by atoms with Crippen molar-refractivity contribution in [3.8, 4) is 11.3 Å². The fourth-order valence-corrected chi connectivity index (χ4v) is 10.1. The second kappa shape index (κ2) is 10.9. The average molecular weight is 621 g/mol. The zero-order chi connectivity index (χ0) is 31.4. The molecule has 0 spiro atoms. The van der Waals surface area contributed by atoms with E-state index in [0.29, 0.717) is 0 Å². The van der Waals surface area contributed by atoms with Crippen LogP contribution in [0.25, 0.3) is 22.3 Å². The third kappa shape index (κ3) is 4.61. The maximum atomic E-state index is 13.9. The molecule has 0 unspecified atom stereocenters. The molecule has 0 saturated carbocycles. The molecule has 6 aromatic carbocycles. The van der Waals surface area contributed by atoms with Crippen LogP contribution in [0.15, 0.2) is 150 Å². The molecule has 0 amide bonds. The van der Waals surface area contributed by atoms with Crippen LogP contribution in [0.4, 0.5) is 42.9 Å². The zero-order valence-corrected chi connectivity index (χ0v) is 26.4. The fourth-order valence-electron chi connectivity index (χ4n) is 6.80. The van der Waals surface area contributed by atoms with Gasteiger partial charge < -0.3 is 14.2 Å². The molecule has 7 aromatic rings. The number of para-hydroxylation sites is 2. The number of benzene rings is 6. The van der Waals surface area contributed by atoms with Gasteiger partial charge in [-0.05, 0) is 107 Å². The van der Waals surface area contributed by atoms with Crippen LogP contribution in [-0.2, 0) is 0 Å². The van der Waals surface area contributed by atoms with E-state index in [1.807, 2.05) is 60.7 Å². The summed E-state index contributed by atoms with van der Waals surface area (Å²) < 4.78 is 34.6. The van der Waals surface area contributed by atoms with Gasteiger partial charge >= 0.3 is 0 Å². The minimum atomic E-state index is -2.11. The lowest BCUT2D eigenvalue weighted by atomic mass is 10.1. The maximum absolute atomic E-state index is 13.9. The van der Waals surface area contributed by atoms with E-state index in [9.17, 15) is 8.78 Å². The van der Waals surface area contributed by atoms with Crippen molar-refractivity contribution in [3.63, 3.8) is 0 Å². The van der Waals surface area contributed by atoms with E-state index in [0.717, 1.165) is 56.4 Å². The van der Waals surface area contributed by atoms with Gasteiger partial charge in [0.1, 0.15) is 31.1 Å². The number of fused-ring (bicyclic) bond motifs is 5. The molecule has 2 heterocycles. The van der Waals surface area contributed by atoms with Gasteiger partial charge in [-0.15, -0.1) is 0 Å². The van der Waals surface area contributed by atoms with Crippen LogP contribution >= 0.6 is 0 Å². The lowest BCUT2D eigenvalue weighted by molar-refractivity contribution is 0.627. The smallest absolute Gasteiger partial charge is 0.136 e. The Morgan fingerprint density at radius 1 is 0.500 bits per heavy atom. The molecule has 0 bridgehead atoms. The largest absolute Gasteiger partial charge is 0.456 e. The molecule has 6 heteroatoms. The number of hydrogen-bond acceptors (Lipinski definition) is 3. The molecule has 0 N–H and O–H groups in total. The number of halogens is 2. The number of rotatable bonds is 6. The summed E-state index contributed by atoms with van der Waals surface area (Å²) in [5, 5.41) is 3.75. The first-order valence-corrected chi connectivity index (χ1v) is 18.3. The van der Waals surface area contributed by atoms with E-state index in [-0.39, 0.29) is 11.6 Å². The lowest BCUT2D eigenvalue weighted by Gasteiger charge is -2.27. The van der Waals surface area contributed by atoms with E-state index in [1.165, 1.54) is 34.6 Å². The van der Waals surface area contributed by atoms with Crippen molar-refractivity contribution in [2.24, 2.45) is 0 Å². The minimum Gasteiger partial charge on any atom is -0.456 e. The highest BCUT2D eigenvalue weighted by Crippen LogP contribution is 2.42. The van der Waals surface area contributed by atoms with Gasteiger partial charge in [-0.3, -0.25) is 0 Å². The lowest BCUT2D eigenvalue weighted by Crippen LogP contribution is -2.49. The number of hydrogen-bond donors (Lipinski definition) is 0. The Morgan fingerprint density at radius 3 is 1.50 bits per heavy atom. The third-order valence-electron chi connectivity index (χ3n) is 8.93. The van der Waals surface area contributed by atoms with Crippen LogP contribution in [0.5, 0.6) is 0 Å². The Morgan fingerprint density at radius 2 is 0.957 bits per heavy atom. The number of furan rings is 1. The monoisotopic (exact) mass is 620 g/mol. The molecule has 1 aliphatic heterocycles. The predicted octanol–water partition coefficient (Wildman–Crippen LogP) is 10.5. The summed E-state index contributed by atoms with van der Waals surface area (Å²) in [4.78, 5) is 4.26. The van der Waals surface area contributed by atoms with Gasteiger partial charge in [0.25, 0.3) is 0 Å². The van der Waals surface area contributed by atoms with Crippen molar-refractivity contribution in [1.82, 2.24) is 0 Å². The molecule has 0 aliphatic carbocycles. The Hall–Kier alpha value is -5.46. The highest BCUT2D eigenvalue weighted by atomic mass is 28.3. The standard InChI is InChI=1S/C40H30F2N2OSi/c1-46(2)38-24-22-33(43(29-9-5-3-6-10-29)31-17-13-27(41)14-18-31)25-36(38)39-40(46)35-23-21-34(26-37(35)45-39)44(30-11-7-4-8-12-30)32-19-15-28(42)16-20-32/h3-26H,1-2H3. The Balaban J connectivity index is 1.27. The Kier molecular flexibility index (Phi) is 6.62. The van der Waals surface area contributed by atoms with Crippen LogP contribution in [0, 0.1) is 11.6 Å². The topological polar surface area (TPSA) is 19.6 Å². The van der Waals surface area contributed by atoms with Crippen LogP contribution in [0.2, 0.25) is 13.1 Å². The second-order valence-corrected chi connectivity index (χ2v) is 16.4. The molecule has 1 aromatic heterocycles. The third-order valence-corrected chi connectivity index (χ3v) is 12.5. The van der Waals surface area contributed by atoms with Gasteiger partial charge in [0.2, 0.25) is 0 Å². The predicted molar refractivity (Wildman–Crippen MR) is 188 cm³/mol. The highest BCUT2D eigenvalue weighted by Gasteiger charge is 2.42. The summed E-state index contributed by atoms with van der Waals surface area (Å²) >= 11 is 0. The van der Waals surface area contributed by atoms with Crippen molar-refractivity contribution in [2.45, 2.75) is 13.1 Å². The second-order valence-electron chi connectivity index (χ2n) is 12.1. The van der Waals surface area contributed by atoms with E-state index in [4.69, 9.17) is 4.42 Å². The van der Waals surface area contributed by atoms with E-state index < -0.39 is 8.07 Å². The molecule has 0 radical (unpaired) electrons. The highest BCUT2D eigenvalue weighted by molar-refractivity contribution is 7.05. The Labute approximate surface area is 267 Å². The van der Waals surface area contributed by atoms with Gasteiger partial charge in [-0.2, -0.15) is 0 Å². The molecule has 224 valence electrons. The molecule has 3 nitrogen and oxygen atoms in total. The molecule has 0 atom stereocenters. The molecule has 0 saturated heterocycles. The minimum absolute atomic E-state index is 0.269. The average Bonchev–Trinajstić information content (AvgIpc) is 3.57. The first-order chi connectivity index (χ1) is 22.4. The van der Waals surface area contributed by atoms with Gasteiger partial charge in [-0.1, -0.05) is 55.6 Å². The molecule has 1 aliphatic rings. The fraction of sp³-hybridized carbons (Fsp3) is 0.0500. The van der Waals surface area contributed by atoms with Crippen molar-refractivity contribution in [3.05, 3.63) is 157 Å². The summed E-state index contributed by atoms with van der Waals surface area (Å²) in [6, 6.07) is 46.4. The van der Waals surface area contributed by atoms with E-state index in [1.54, 1.807) is 12.1 Å².